The number of aliphatic hydroxyl groups excluding tert-OH is 1. The Kier molecular flexibility index (Phi) is 61.2. The lowest BCUT2D eigenvalue weighted by Gasteiger charge is -2.21. The molecule has 3 unspecified atom stereocenters. The topological polar surface area (TPSA) is 155 Å². The van der Waals surface area contributed by atoms with Gasteiger partial charge in [-0.15, -0.1) is 0 Å². The predicted molar refractivity (Wildman–Crippen MR) is 353 cm³/mol. The summed E-state index contributed by atoms with van der Waals surface area (Å²) in [6.07, 6.45) is 82.5. The van der Waals surface area contributed by atoms with Crippen molar-refractivity contribution < 1.29 is 52.2 Å². The summed E-state index contributed by atoms with van der Waals surface area (Å²) in [6, 6.07) is 0. The van der Waals surface area contributed by atoms with Crippen molar-refractivity contribution in [2.45, 2.75) is 277 Å². The van der Waals surface area contributed by atoms with Crippen molar-refractivity contribution >= 4 is 25.7 Å². The summed E-state index contributed by atoms with van der Waals surface area (Å²) in [5, 5.41) is 9.87. The number of allylic oxidation sites excluding steroid dienone is 22. The smallest absolute Gasteiger partial charge is 0.462 e. The molecule has 0 fully saturated rings. The Hall–Kier alpha value is -4.38. The Morgan fingerprint density at radius 2 is 0.619 bits per heavy atom. The summed E-state index contributed by atoms with van der Waals surface area (Å²) in [4.78, 5) is 48.8. The Morgan fingerprint density at radius 3 is 0.964 bits per heavy atom. The first-order chi connectivity index (χ1) is 41.2. The third-order valence-corrected chi connectivity index (χ3v) is 14.5. The van der Waals surface area contributed by atoms with Gasteiger partial charge in [0, 0.05) is 19.3 Å². The summed E-state index contributed by atoms with van der Waals surface area (Å²) in [5.41, 5.74) is 0. The molecule has 478 valence electrons. The van der Waals surface area contributed by atoms with Gasteiger partial charge in [-0.25, -0.2) is 4.57 Å². The van der Waals surface area contributed by atoms with Gasteiger partial charge in [0.05, 0.1) is 19.8 Å². The lowest BCUT2D eigenvalue weighted by Crippen LogP contribution is -2.30. The van der Waals surface area contributed by atoms with Gasteiger partial charge >= 0.3 is 25.7 Å². The van der Waals surface area contributed by atoms with E-state index in [0.717, 1.165) is 148 Å². The third-order valence-electron chi connectivity index (χ3n) is 13.5. The molecule has 84 heavy (non-hydrogen) atoms. The van der Waals surface area contributed by atoms with Gasteiger partial charge in [0.1, 0.15) is 12.7 Å². The highest BCUT2D eigenvalue weighted by molar-refractivity contribution is 7.47. The zero-order valence-electron chi connectivity index (χ0n) is 53.1. The molecule has 3 atom stereocenters. The molecule has 2 N–H and O–H groups in total. The number of carbonyl (C=O) groups is 3. The number of phosphoric acid groups is 1. The minimum atomic E-state index is -4.78. The van der Waals surface area contributed by atoms with Crippen molar-refractivity contribution in [2.24, 2.45) is 0 Å². The molecular formula is C72H119O11P. The lowest BCUT2D eigenvalue weighted by molar-refractivity contribution is -0.161. The molecule has 0 bridgehead atoms. The number of ether oxygens (including phenoxy) is 3. The molecule has 0 aromatic rings. The second-order valence-electron chi connectivity index (χ2n) is 21.5. The van der Waals surface area contributed by atoms with E-state index in [4.69, 9.17) is 23.3 Å². The van der Waals surface area contributed by atoms with E-state index in [1.54, 1.807) is 0 Å². The number of rotatable bonds is 60. The molecule has 0 radical (unpaired) electrons. The first kappa shape index (κ1) is 79.6. The molecule has 0 aliphatic heterocycles. The largest absolute Gasteiger partial charge is 0.472 e. The van der Waals surface area contributed by atoms with Crippen molar-refractivity contribution in [3.8, 4) is 0 Å². The summed E-state index contributed by atoms with van der Waals surface area (Å²) in [5.74, 6) is -1.53. The highest BCUT2D eigenvalue weighted by atomic mass is 31.2. The van der Waals surface area contributed by atoms with Crippen LogP contribution in [-0.2, 0) is 42.2 Å². The van der Waals surface area contributed by atoms with E-state index in [1.807, 2.05) is 0 Å². The van der Waals surface area contributed by atoms with E-state index in [2.05, 4.69) is 154 Å². The summed E-state index contributed by atoms with van der Waals surface area (Å²) >= 11 is 0. The van der Waals surface area contributed by atoms with Crippen LogP contribution >= 0.6 is 7.82 Å². The monoisotopic (exact) mass is 1190 g/mol. The van der Waals surface area contributed by atoms with Crippen LogP contribution in [0.5, 0.6) is 0 Å². The normalized spacial score (nSPS) is 14.1. The minimum Gasteiger partial charge on any atom is -0.462 e. The predicted octanol–water partition coefficient (Wildman–Crippen LogP) is 20.5. The number of esters is 3. The second-order valence-corrected chi connectivity index (χ2v) is 23.0. The van der Waals surface area contributed by atoms with Crippen molar-refractivity contribution in [3.63, 3.8) is 0 Å². The molecule has 12 heteroatoms. The van der Waals surface area contributed by atoms with E-state index in [1.165, 1.54) is 57.8 Å². The molecule has 0 saturated carbocycles. The van der Waals surface area contributed by atoms with Gasteiger partial charge in [-0.2, -0.15) is 0 Å². The van der Waals surface area contributed by atoms with Crippen LogP contribution in [0.15, 0.2) is 134 Å². The Bertz CT molecular complexity index is 1920. The van der Waals surface area contributed by atoms with Gasteiger partial charge in [0.2, 0.25) is 0 Å². The van der Waals surface area contributed by atoms with Crippen molar-refractivity contribution in [2.75, 3.05) is 26.4 Å². The standard InChI is InChI=1S/C72H119O11P/c1-4-7-10-13-16-19-22-25-28-31-34-37-40-43-46-49-52-55-58-61-70(74)79-65-69(83-72(76)63-60-57-54-51-48-45-42-39-36-33-30-27-24-21-18-15-12-9-6-3)67-81-84(77,78)80-66-68(64-73)82-71(75)62-59-56-53-50-47-44-41-38-35-32-29-26-23-20-17-14-11-8-5-2/h8-9,11-12,16-21,25-30,35-36,38-39,45,48,68-69,73H,4-7,10,13-15,22-24,31-34,37,40-44,46-47,49-67H2,1-3H3,(H,77,78)/b11-8-,12-9-,19-16-,20-17-,21-18-,28-25-,29-26-,30-27-,38-35-,39-36-,48-45-. The van der Waals surface area contributed by atoms with Crippen LogP contribution in [-0.4, -0.2) is 66.5 Å². The van der Waals surface area contributed by atoms with Crippen LogP contribution < -0.4 is 0 Å². The zero-order chi connectivity index (χ0) is 61.2. The van der Waals surface area contributed by atoms with E-state index in [9.17, 15) is 28.9 Å². The maximum atomic E-state index is 13.0. The summed E-state index contributed by atoms with van der Waals surface area (Å²) < 4.78 is 39.7. The van der Waals surface area contributed by atoms with Crippen LogP contribution in [0.25, 0.3) is 0 Å². The zero-order valence-corrected chi connectivity index (χ0v) is 54.0. The Balaban J connectivity index is 4.78. The number of aliphatic hydroxyl groups is 1. The van der Waals surface area contributed by atoms with E-state index >= 15 is 0 Å². The molecule has 0 amide bonds. The van der Waals surface area contributed by atoms with Gasteiger partial charge in [0.15, 0.2) is 6.10 Å². The summed E-state index contributed by atoms with van der Waals surface area (Å²) in [6.45, 7) is 4.35. The van der Waals surface area contributed by atoms with Crippen LogP contribution in [0.2, 0.25) is 0 Å². The average Bonchev–Trinajstić information content (AvgIpc) is 3.53. The minimum absolute atomic E-state index is 0.120. The number of hydrogen-bond acceptors (Lipinski definition) is 10. The van der Waals surface area contributed by atoms with E-state index < -0.39 is 57.8 Å². The highest BCUT2D eigenvalue weighted by Gasteiger charge is 2.28. The lowest BCUT2D eigenvalue weighted by atomic mass is 10.1. The molecule has 0 rings (SSSR count). The maximum absolute atomic E-state index is 13.0. The van der Waals surface area contributed by atoms with Crippen molar-refractivity contribution in [1.82, 2.24) is 0 Å². The van der Waals surface area contributed by atoms with Crippen molar-refractivity contribution in [3.05, 3.63) is 134 Å². The van der Waals surface area contributed by atoms with Crippen LogP contribution in [0.4, 0.5) is 0 Å². The summed E-state index contributed by atoms with van der Waals surface area (Å²) in [7, 11) is -4.78. The Morgan fingerprint density at radius 1 is 0.345 bits per heavy atom. The molecule has 0 heterocycles. The maximum Gasteiger partial charge on any atom is 0.472 e. The van der Waals surface area contributed by atoms with Crippen LogP contribution in [0.1, 0.15) is 265 Å². The molecule has 0 aromatic heterocycles. The van der Waals surface area contributed by atoms with Gasteiger partial charge in [-0.05, 0) is 135 Å². The van der Waals surface area contributed by atoms with E-state index in [0.29, 0.717) is 19.3 Å². The SMILES string of the molecule is CC/C=C\C/C=C\C/C=C\C/C=C\C/C=C\CCCCCC(=O)OC(COC(=O)CCCCCCCCCCC/C=C\C/C=C\CCCCC)COP(=O)(O)OCC(CO)OC(=O)CCCCCCCC/C=C\C/C=C\C/C=C\C/C=C\CC. The molecule has 0 spiro atoms. The van der Waals surface area contributed by atoms with Gasteiger partial charge in [0.25, 0.3) is 0 Å². The van der Waals surface area contributed by atoms with Crippen molar-refractivity contribution in [1.29, 1.82) is 0 Å². The second kappa shape index (κ2) is 64.6. The average molecular weight is 1190 g/mol. The third kappa shape index (κ3) is 62.2. The fourth-order valence-electron chi connectivity index (χ4n) is 8.58. The fourth-order valence-corrected chi connectivity index (χ4v) is 9.36. The molecule has 0 aliphatic rings. The van der Waals surface area contributed by atoms with E-state index in [-0.39, 0.29) is 25.9 Å². The molecule has 0 aromatic carbocycles. The van der Waals surface area contributed by atoms with Crippen LogP contribution in [0.3, 0.4) is 0 Å². The quantitative estimate of drug-likeness (QED) is 0.0197. The highest BCUT2D eigenvalue weighted by Crippen LogP contribution is 2.43. The fraction of sp³-hybridized carbons (Fsp3) is 0.653. The number of phosphoric ester groups is 1. The van der Waals surface area contributed by atoms with Gasteiger partial charge < -0.3 is 24.2 Å². The van der Waals surface area contributed by atoms with Gasteiger partial charge in [-0.3, -0.25) is 23.4 Å². The first-order valence-electron chi connectivity index (χ1n) is 33.1. The van der Waals surface area contributed by atoms with Crippen LogP contribution in [0, 0.1) is 0 Å². The molecular weight excluding hydrogens is 1070 g/mol. The number of unbranched alkanes of at least 4 members (excludes halogenated alkanes) is 21. The Labute approximate surface area is 512 Å². The molecule has 11 nitrogen and oxygen atoms in total. The van der Waals surface area contributed by atoms with Gasteiger partial charge in [-0.1, -0.05) is 244 Å². The number of hydrogen-bond donors (Lipinski definition) is 2. The molecule has 0 saturated heterocycles. The molecule has 0 aliphatic carbocycles. The number of carbonyl (C=O) groups excluding carboxylic acids is 3. The first-order valence-corrected chi connectivity index (χ1v) is 34.6.